The second-order valence-corrected chi connectivity index (χ2v) is 4.57. The molecule has 0 aliphatic heterocycles. The van der Waals surface area contributed by atoms with Gasteiger partial charge in [-0.1, -0.05) is 11.6 Å². The van der Waals surface area contributed by atoms with Crippen molar-refractivity contribution in [3.05, 3.63) is 28.3 Å². The third-order valence-corrected chi connectivity index (χ3v) is 3.36. The van der Waals surface area contributed by atoms with Crippen molar-refractivity contribution in [3.8, 4) is 0 Å². The average molecular weight is 221 g/mol. The summed E-state index contributed by atoms with van der Waals surface area (Å²) in [5.41, 5.74) is 1.15. The van der Waals surface area contributed by atoms with E-state index in [1.165, 1.54) is 12.1 Å². The van der Waals surface area contributed by atoms with Gasteiger partial charge in [-0.3, -0.25) is 4.55 Å². The number of halogens is 1. The molecule has 1 aromatic rings. The Kier molecular flexibility index (Phi) is 2.66. The Bertz CT molecular complexity index is 437. The zero-order valence-electron chi connectivity index (χ0n) is 7.20. The van der Waals surface area contributed by atoms with Gasteiger partial charge in [0.25, 0.3) is 10.1 Å². The van der Waals surface area contributed by atoms with E-state index >= 15 is 0 Å². The third-order valence-electron chi connectivity index (χ3n) is 1.95. The lowest BCUT2D eigenvalue weighted by atomic mass is 10.1. The van der Waals surface area contributed by atoms with Gasteiger partial charge in [-0.25, -0.2) is 0 Å². The molecule has 0 atom stereocenters. The molecule has 1 aromatic carbocycles. The normalized spacial score (nSPS) is 11.7. The van der Waals surface area contributed by atoms with E-state index in [0.717, 1.165) is 0 Å². The molecule has 13 heavy (non-hydrogen) atoms. The van der Waals surface area contributed by atoms with Crippen LogP contribution in [0.2, 0.25) is 5.02 Å². The van der Waals surface area contributed by atoms with Gasteiger partial charge in [0.15, 0.2) is 0 Å². The minimum atomic E-state index is -4.13. The molecule has 0 amide bonds. The summed E-state index contributed by atoms with van der Waals surface area (Å²) in [6.07, 6.45) is 0. The highest BCUT2D eigenvalue weighted by atomic mass is 35.5. The zero-order valence-corrected chi connectivity index (χ0v) is 8.78. The predicted molar refractivity (Wildman–Crippen MR) is 50.7 cm³/mol. The van der Waals surface area contributed by atoms with Crippen LogP contribution in [-0.2, 0) is 10.1 Å². The fourth-order valence-corrected chi connectivity index (χ4v) is 2.03. The van der Waals surface area contributed by atoms with Crippen LogP contribution in [0.25, 0.3) is 0 Å². The van der Waals surface area contributed by atoms with Gasteiger partial charge in [-0.05, 0) is 37.1 Å². The van der Waals surface area contributed by atoms with E-state index in [9.17, 15) is 8.42 Å². The molecule has 0 radical (unpaired) electrons. The van der Waals surface area contributed by atoms with E-state index in [1.54, 1.807) is 13.8 Å². The Balaban J connectivity index is 3.53. The van der Waals surface area contributed by atoms with Crippen LogP contribution in [-0.4, -0.2) is 13.0 Å². The number of hydrogen-bond donors (Lipinski definition) is 1. The van der Waals surface area contributed by atoms with E-state index in [4.69, 9.17) is 16.2 Å². The summed E-state index contributed by atoms with van der Waals surface area (Å²) in [5, 5.41) is 0.491. The maximum Gasteiger partial charge on any atom is 0.294 e. The summed E-state index contributed by atoms with van der Waals surface area (Å²) < 4.78 is 30.5. The van der Waals surface area contributed by atoms with Crippen molar-refractivity contribution >= 4 is 21.7 Å². The molecule has 72 valence electrons. The van der Waals surface area contributed by atoms with Gasteiger partial charge < -0.3 is 0 Å². The quantitative estimate of drug-likeness (QED) is 0.739. The minimum absolute atomic E-state index is 0.0885. The lowest BCUT2D eigenvalue weighted by molar-refractivity contribution is 0.482. The molecule has 0 fully saturated rings. The SMILES string of the molecule is Cc1c(Cl)ccc(S(=O)(=O)O)c1C. The molecule has 3 nitrogen and oxygen atoms in total. The highest BCUT2D eigenvalue weighted by Crippen LogP contribution is 2.24. The molecule has 0 aromatic heterocycles. The fraction of sp³-hybridized carbons (Fsp3) is 0.250. The first-order chi connectivity index (χ1) is 5.84. The zero-order chi connectivity index (χ0) is 10.2. The standard InChI is InChI=1S/C8H9ClO3S/c1-5-6(2)8(13(10,11)12)4-3-7(5)9/h3-4H,1-2H3,(H,10,11,12). The molecular formula is C8H9ClO3S. The summed E-state index contributed by atoms with van der Waals surface area (Å²) in [4.78, 5) is -0.0885. The average Bonchev–Trinajstić information content (AvgIpc) is 1.98. The Morgan fingerprint density at radius 1 is 1.23 bits per heavy atom. The van der Waals surface area contributed by atoms with E-state index in [0.29, 0.717) is 16.1 Å². The van der Waals surface area contributed by atoms with Crippen molar-refractivity contribution in [2.24, 2.45) is 0 Å². The van der Waals surface area contributed by atoms with Crippen LogP contribution in [0.3, 0.4) is 0 Å². The van der Waals surface area contributed by atoms with Crippen molar-refractivity contribution in [2.45, 2.75) is 18.7 Å². The van der Waals surface area contributed by atoms with E-state index in [1.807, 2.05) is 0 Å². The summed E-state index contributed by atoms with van der Waals surface area (Å²) in [6, 6.07) is 2.74. The highest BCUT2D eigenvalue weighted by molar-refractivity contribution is 7.85. The molecular weight excluding hydrogens is 212 g/mol. The second kappa shape index (κ2) is 3.29. The summed E-state index contributed by atoms with van der Waals surface area (Å²) in [5.74, 6) is 0. The van der Waals surface area contributed by atoms with Crippen LogP contribution in [0, 0.1) is 13.8 Å². The first-order valence-electron chi connectivity index (χ1n) is 3.57. The second-order valence-electron chi connectivity index (χ2n) is 2.77. The van der Waals surface area contributed by atoms with Crippen molar-refractivity contribution in [1.82, 2.24) is 0 Å². The highest BCUT2D eigenvalue weighted by Gasteiger charge is 2.15. The summed E-state index contributed by atoms with van der Waals surface area (Å²) in [6.45, 7) is 3.30. The lowest BCUT2D eigenvalue weighted by Gasteiger charge is -2.06. The van der Waals surface area contributed by atoms with Gasteiger partial charge in [0.2, 0.25) is 0 Å². The molecule has 0 unspecified atom stereocenters. The van der Waals surface area contributed by atoms with Crippen molar-refractivity contribution < 1.29 is 13.0 Å². The molecule has 5 heteroatoms. The van der Waals surface area contributed by atoms with Crippen LogP contribution in [0.4, 0.5) is 0 Å². The monoisotopic (exact) mass is 220 g/mol. The van der Waals surface area contributed by atoms with Crippen molar-refractivity contribution in [1.29, 1.82) is 0 Å². The first kappa shape index (κ1) is 10.5. The molecule has 0 spiro atoms. The summed E-state index contributed by atoms with van der Waals surface area (Å²) >= 11 is 5.76. The van der Waals surface area contributed by atoms with Gasteiger partial charge in [-0.15, -0.1) is 0 Å². The van der Waals surface area contributed by atoms with Gasteiger partial charge in [0, 0.05) is 5.02 Å². The number of hydrogen-bond acceptors (Lipinski definition) is 2. The molecule has 1 N–H and O–H groups in total. The lowest BCUT2D eigenvalue weighted by Crippen LogP contribution is -2.02. The first-order valence-corrected chi connectivity index (χ1v) is 5.39. The van der Waals surface area contributed by atoms with E-state index < -0.39 is 10.1 Å². The molecule has 0 saturated carbocycles. The molecule has 0 aliphatic carbocycles. The molecule has 1 rings (SSSR count). The van der Waals surface area contributed by atoms with Gasteiger partial charge in [0.1, 0.15) is 0 Å². The minimum Gasteiger partial charge on any atom is -0.282 e. The van der Waals surface area contributed by atoms with Crippen LogP contribution < -0.4 is 0 Å². The Labute approximate surface area is 82.1 Å². The van der Waals surface area contributed by atoms with Crippen LogP contribution in [0.5, 0.6) is 0 Å². The maximum atomic E-state index is 10.8. The van der Waals surface area contributed by atoms with Gasteiger partial charge >= 0.3 is 0 Å². The predicted octanol–water partition coefficient (Wildman–Crippen LogP) is 2.20. The topological polar surface area (TPSA) is 54.4 Å². The number of rotatable bonds is 1. The Morgan fingerprint density at radius 2 is 1.77 bits per heavy atom. The maximum absolute atomic E-state index is 10.8. The van der Waals surface area contributed by atoms with Crippen LogP contribution >= 0.6 is 11.6 Å². The van der Waals surface area contributed by atoms with Crippen LogP contribution in [0.15, 0.2) is 17.0 Å². The van der Waals surface area contributed by atoms with Gasteiger partial charge in [0.05, 0.1) is 4.90 Å². The largest absolute Gasteiger partial charge is 0.294 e. The molecule has 0 saturated heterocycles. The molecule has 0 heterocycles. The molecule has 0 aliphatic rings. The fourth-order valence-electron chi connectivity index (χ4n) is 1.04. The Hall–Kier alpha value is -0.580. The third kappa shape index (κ3) is 2.02. The summed E-state index contributed by atoms with van der Waals surface area (Å²) in [7, 11) is -4.13. The van der Waals surface area contributed by atoms with Gasteiger partial charge in [-0.2, -0.15) is 8.42 Å². The molecule has 0 bridgehead atoms. The van der Waals surface area contributed by atoms with Crippen molar-refractivity contribution in [3.63, 3.8) is 0 Å². The van der Waals surface area contributed by atoms with Crippen molar-refractivity contribution in [2.75, 3.05) is 0 Å². The Morgan fingerprint density at radius 3 is 2.23 bits per heavy atom. The smallest absolute Gasteiger partial charge is 0.282 e. The van der Waals surface area contributed by atoms with E-state index in [2.05, 4.69) is 0 Å². The number of benzene rings is 1. The van der Waals surface area contributed by atoms with Crippen LogP contribution in [0.1, 0.15) is 11.1 Å². The van der Waals surface area contributed by atoms with E-state index in [-0.39, 0.29) is 4.90 Å².